The molecule has 3 rings (SSSR count). The summed E-state index contributed by atoms with van der Waals surface area (Å²) in [5.74, 6) is 2.28. The van der Waals surface area contributed by atoms with Crippen molar-refractivity contribution in [1.29, 1.82) is 0 Å². The largest absolute Gasteiger partial charge is 0.262 e. The van der Waals surface area contributed by atoms with Crippen LogP contribution in [0.3, 0.4) is 0 Å². The Morgan fingerprint density at radius 3 is 2.88 bits per heavy atom. The van der Waals surface area contributed by atoms with Gasteiger partial charge in [0.05, 0.1) is 5.02 Å². The lowest BCUT2D eigenvalue weighted by Gasteiger charge is -2.00. The van der Waals surface area contributed by atoms with E-state index in [9.17, 15) is 0 Å². The summed E-state index contributed by atoms with van der Waals surface area (Å²) in [6.45, 7) is 2.02. The summed E-state index contributed by atoms with van der Waals surface area (Å²) in [5.41, 5.74) is 2.04. The molecule has 0 radical (unpaired) electrons. The molecule has 1 heterocycles. The van der Waals surface area contributed by atoms with E-state index in [0.717, 1.165) is 17.0 Å². The molecule has 0 unspecified atom stereocenters. The molecule has 1 aliphatic carbocycles. The molecule has 3 nitrogen and oxygen atoms in total. The molecule has 0 atom stereocenters. The van der Waals surface area contributed by atoms with Crippen molar-refractivity contribution in [2.45, 2.75) is 25.7 Å². The van der Waals surface area contributed by atoms with Gasteiger partial charge in [-0.1, -0.05) is 17.7 Å². The minimum absolute atomic E-state index is 0.588. The van der Waals surface area contributed by atoms with Crippen molar-refractivity contribution in [1.82, 2.24) is 15.2 Å². The molecule has 4 heteroatoms. The Labute approximate surface area is 98.9 Å². The van der Waals surface area contributed by atoms with Crippen LogP contribution in [0.5, 0.6) is 0 Å². The highest BCUT2D eigenvalue weighted by Crippen LogP contribution is 2.38. The first-order valence-corrected chi connectivity index (χ1v) is 5.80. The lowest BCUT2D eigenvalue weighted by Crippen LogP contribution is -1.84. The Kier molecular flexibility index (Phi) is 2.21. The van der Waals surface area contributed by atoms with Gasteiger partial charge < -0.3 is 0 Å². The Balaban J connectivity index is 2.00. The fourth-order valence-corrected chi connectivity index (χ4v) is 2.06. The Morgan fingerprint density at radius 1 is 1.38 bits per heavy atom. The standard InChI is InChI=1S/C12H12ClN3/c1-7-2-5-9(10(13)6-7)12-14-11(15-16-12)8-3-4-8/h2,5-6,8H,3-4H2,1H3,(H,14,15,16). The van der Waals surface area contributed by atoms with Crippen molar-refractivity contribution in [3.05, 3.63) is 34.6 Å². The SMILES string of the molecule is Cc1ccc(-c2n[nH]c(C3CC3)n2)c(Cl)c1. The molecule has 1 N–H and O–H groups in total. The van der Waals surface area contributed by atoms with Crippen LogP contribution in [-0.4, -0.2) is 15.2 Å². The molecule has 0 amide bonds. The van der Waals surface area contributed by atoms with Gasteiger partial charge in [0.25, 0.3) is 0 Å². The van der Waals surface area contributed by atoms with E-state index in [1.165, 1.54) is 12.8 Å². The minimum atomic E-state index is 0.588. The summed E-state index contributed by atoms with van der Waals surface area (Å²) in [5, 5.41) is 7.92. The molecule has 1 aromatic heterocycles. The van der Waals surface area contributed by atoms with E-state index < -0.39 is 0 Å². The van der Waals surface area contributed by atoms with Crippen LogP contribution in [0.2, 0.25) is 5.02 Å². The van der Waals surface area contributed by atoms with Gasteiger partial charge in [0, 0.05) is 11.5 Å². The Bertz CT molecular complexity index is 529. The first kappa shape index (κ1) is 9.85. The van der Waals surface area contributed by atoms with Crippen molar-refractivity contribution in [2.24, 2.45) is 0 Å². The van der Waals surface area contributed by atoms with Crippen molar-refractivity contribution >= 4 is 11.6 Å². The van der Waals surface area contributed by atoms with Gasteiger partial charge in [-0.25, -0.2) is 4.98 Å². The second-order valence-corrected chi connectivity index (χ2v) is 4.71. The van der Waals surface area contributed by atoms with Crippen molar-refractivity contribution in [3.8, 4) is 11.4 Å². The van der Waals surface area contributed by atoms with Gasteiger partial charge in [-0.3, -0.25) is 5.10 Å². The molecule has 0 saturated heterocycles. The van der Waals surface area contributed by atoms with Crippen LogP contribution >= 0.6 is 11.6 Å². The summed E-state index contributed by atoms with van der Waals surface area (Å²) in [4.78, 5) is 4.48. The van der Waals surface area contributed by atoms with E-state index >= 15 is 0 Å². The highest BCUT2D eigenvalue weighted by Gasteiger charge is 2.27. The summed E-state index contributed by atoms with van der Waals surface area (Å²) in [6, 6.07) is 5.93. The number of aromatic nitrogens is 3. The number of rotatable bonds is 2. The van der Waals surface area contributed by atoms with Crippen LogP contribution in [0, 0.1) is 6.92 Å². The van der Waals surface area contributed by atoms with E-state index in [-0.39, 0.29) is 0 Å². The van der Waals surface area contributed by atoms with Gasteiger partial charge in [-0.2, -0.15) is 5.10 Å². The van der Waals surface area contributed by atoms with Crippen molar-refractivity contribution in [3.63, 3.8) is 0 Å². The summed E-state index contributed by atoms with van der Waals surface area (Å²) in [7, 11) is 0. The van der Waals surface area contributed by atoms with Crippen LogP contribution in [0.4, 0.5) is 0 Å². The zero-order valence-electron chi connectivity index (χ0n) is 9.00. The molecule has 2 aromatic rings. The molecule has 0 spiro atoms. The van der Waals surface area contributed by atoms with Crippen LogP contribution in [0.15, 0.2) is 18.2 Å². The number of aryl methyl sites for hydroxylation is 1. The van der Waals surface area contributed by atoms with E-state index in [2.05, 4.69) is 15.2 Å². The number of nitrogens with zero attached hydrogens (tertiary/aromatic N) is 2. The molecule has 1 saturated carbocycles. The predicted octanol–water partition coefficient (Wildman–Crippen LogP) is 3.31. The third-order valence-corrected chi connectivity index (χ3v) is 3.14. The Morgan fingerprint density at radius 2 is 2.19 bits per heavy atom. The van der Waals surface area contributed by atoms with E-state index in [1.54, 1.807) is 0 Å². The van der Waals surface area contributed by atoms with Gasteiger partial charge in [-0.05, 0) is 37.5 Å². The van der Waals surface area contributed by atoms with Crippen LogP contribution < -0.4 is 0 Å². The molecule has 1 aromatic carbocycles. The number of aromatic amines is 1. The third-order valence-electron chi connectivity index (χ3n) is 2.83. The second-order valence-electron chi connectivity index (χ2n) is 4.30. The number of nitrogens with one attached hydrogen (secondary N) is 1. The van der Waals surface area contributed by atoms with Crippen LogP contribution in [0.25, 0.3) is 11.4 Å². The maximum Gasteiger partial charge on any atom is 0.182 e. The smallest absolute Gasteiger partial charge is 0.182 e. The number of hydrogen-bond donors (Lipinski definition) is 1. The Hall–Kier alpha value is -1.35. The number of benzene rings is 1. The summed E-state index contributed by atoms with van der Waals surface area (Å²) < 4.78 is 0. The van der Waals surface area contributed by atoms with Crippen LogP contribution in [-0.2, 0) is 0 Å². The summed E-state index contributed by atoms with van der Waals surface area (Å²) >= 11 is 6.17. The molecule has 0 bridgehead atoms. The van der Waals surface area contributed by atoms with Crippen molar-refractivity contribution in [2.75, 3.05) is 0 Å². The van der Waals surface area contributed by atoms with E-state index in [0.29, 0.717) is 16.8 Å². The van der Waals surface area contributed by atoms with Crippen molar-refractivity contribution < 1.29 is 0 Å². The molecular weight excluding hydrogens is 222 g/mol. The van der Waals surface area contributed by atoms with Gasteiger partial charge in [-0.15, -0.1) is 0 Å². The van der Waals surface area contributed by atoms with Gasteiger partial charge >= 0.3 is 0 Å². The highest BCUT2D eigenvalue weighted by molar-refractivity contribution is 6.33. The molecule has 1 fully saturated rings. The first-order valence-electron chi connectivity index (χ1n) is 5.43. The molecule has 82 valence electrons. The molecule has 1 aliphatic rings. The topological polar surface area (TPSA) is 41.6 Å². The minimum Gasteiger partial charge on any atom is -0.262 e. The average Bonchev–Trinajstić information content (AvgIpc) is 2.98. The molecular formula is C12H12ClN3. The average molecular weight is 234 g/mol. The second kappa shape index (κ2) is 3.59. The number of halogens is 1. The fourth-order valence-electron chi connectivity index (χ4n) is 1.74. The summed E-state index contributed by atoms with van der Waals surface area (Å²) in [6.07, 6.45) is 2.44. The zero-order valence-corrected chi connectivity index (χ0v) is 9.75. The van der Waals surface area contributed by atoms with Gasteiger partial charge in [0.1, 0.15) is 5.82 Å². The monoisotopic (exact) mass is 233 g/mol. The fraction of sp³-hybridized carbons (Fsp3) is 0.333. The van der Waals surface area contributed by atoms with Gasteiger partial charge in [0.2, 0.25) is 0 Å². The van der Waals surface area contributed by atoms with Gasteiger partial charge in [0.15, 0.2) is 5.82 Å². The van der Waals surface area contributed by atoms with Crippen LogP contribution in [0.1, 0.15) is 30.1 Å². The normalized spacial score (nSPS) is 15.4. The maximum atomic E-state index is 6.17. The maximum absolute atomic E-state index is 6.17. The lowest BCUT2D eigenvalue weighted by atomic mass is 10.1. The number of H-pyrrole nitrogens is 1. The quantitative estimate of drug-likeness (QED) is 0.865. The number of hydrogen-bond acceptors (Lipinski definition) is 2. The predicted molar refractivity (Wildman–Crippen MR) is 63.5 cm³/mol. The van der Waals surface area contributed by atoms with E-state index in [4.69, 9.17) is 11.6 Å². The molecule has 16 heavy (non-hydrogen) atoms. The lowest BCUT2D eigenvalue weighted by molar-refractivity contribution is 0.935. The zero-order chi connectivity index (χ0) is 11.1. The highest BCUT2D eigenvalue weighted by atomic mass is 35.5. The first-order chi connectivity index (χ1) is 7.74. The third kappa shape index (κ3) is 1.71. The van der Waals surface area contributed by atoms with E-state index in [1.807, 2.05) is 25.1 Å². The molecule has 0 aliphatic heterocycles.